The van der Waals surface area contributed by atoms with E-state index in [1.807, 2.05) is 26.0 Å². The average molecular weight is 250 g/mol. The number of benzene rings is 1. The summed E-state index contributed by atoms with van der Waals surface area (Å²) in [5, 5.41) is 9.15. The predicted molar refractivity (Wildman–Crippen MR) is 70.9 cm³/mol. The number of hydrogen-bond acceptors (Lipinski definition) is 3. The first-order chi connectivity index (χ1) is 8.60. The predicted octanol–water partition coefficient (Wildman–Crippen LogP) is 2.74. The zero-order valence-corrected chi connectivity index (χ0v) is 11.4. The second kappa shape index (κ2) is 5.72. The third kappa shape index (κ3) is 3.03. The van der Waals surface area contributed by atoms with E-state index in [0.29, 0.717) is 12.7 Å². The molecule has 0 saturated carbocycles. The van der Waals surface area contributed by atoms with E-state index in [0.717, 1.165) is 35.3 Å². The minimum absolute atomic E-state index is 0.0746. The Morgan fingerprint density at radius 2 is 1.94 bits per heavy atom. The number of hydrogen-bond donors (Lipinski definition) is 1. The molecule has 2 atom stereocenters. The molecule has 1 aliphatic heterocycles. The quantitative estimate of drug-likeness (QED) is 0.893. The molecule has 100 valence electrons. The van der Waals surface area contributed by atoms with Crippen LogP contribution in [0.25, 0.3) is 0 Å². The summed E-state index contributed by atoms with van der Waals surface area (Å²) in [5.74, 6) is 0.926. The van der Waals surface area contributed by atoms with Crippen LogP contribution >= 0.6 is 0 Å². The number of aryl methyl sites for hydroxylation is 2. The van der Waals surface area contributed by atoms with Crippen molar-refractivity contribution >= 4 is 0 Å². The van der Waals surface area contributed by atoms with Gasteiger partial charge in [0.25, 0.3) is 0 Å². The number of aliphatic hydroxyl groups excluding tert-OH is 1. The van der Waals surface area contributed by atoms with Crippen LogP contribution in [0.2, 0.25) is 0 Å². The van der Waals surface area contributed by atoms with E-state index in [4.69, 9.17) is 14.6 Å². The van der Waals surface area contributed by atoms with Gasteiger partial charge < -0.3 is 14.6 Å². The molecule has 3 nitrogen and oxygen atoms in total. The van der Waals surface area contributed by atoms with E-state index in [2.05, 4.69) is 6.92 Å². The SMILES string of the molecule is Cc1cc(CO)cc(C)c1OCC1CCC(C)O1. The summed E-state index contributed by atoms with van der Waals surface area (Å²) in [6.45, 7) is 6.82. The molecule has 0 bridgehead atoms. The van der Waals surface area contributed by atoms with Gasteiger partial charge in [-0.05, 0) is 50.3 Å². The highest BCUT2D eigenvalue weighted by atomic mass is 16.5. The molecular weight excluding hydrogens is 228 g/mol. The van der Waals surface area contributed by atoms with Crippen LogP contribution in [0.5, 0.6) is 5.75 Å². The van der Waals surface area contributed by atoms with Gasteiger partial charge in [0.2, 0.25) is 0 Å². The van der Waals surface area contributed by atoms with Crippen LogP contribution in [-0.2, 0) is 11.3 Å². The maximum atomic E-state index is 9.15. The van der Waals surface area contributed by atoms with Crippen molar-refractivity contribution in [2.75, 3.05) is 6.61 Å². The van der Waals surface area contributed by atoms with Crippen LogP contribution < -0.4 is 4.74 Å². The van der Waals surface area contributed by atoms with Gasteiger partial charge in [-0.3, -0.25) is 0 Å². The first-order valence-electron chi connectivity index (χ1n) is 6.59. The van der Waals surface area contributed by atoms with Crippen LogP contribution in [0.15, 0.2) is 12.1 Å². The Kier molecular flexibility index (Phi) is 4.25. The zero-order chi connectivity index (χ0) is 13.1. The minimum atomic E-state index is 0.0746. The molecule has 1 heterocycles. The third-order valence-electron chi connectivity index (χ3n) is 3.44. The van der Waals surface area contributed by atoms with Gasteiger partial charge in [0.15, 0.2) is 0 Å². The second-order valence-electron chi connectivity index (χ2n) is 5.17. The lowest BCUT2D eigenvalue weighted by Gasteiger charge is -2.16. The Balaban J connectivity index is 2.01. The smallest absolute Gasteiger partial charge is 0.125 e. The second-order valence-corrected chi connectivity index (χ2v) is 5.17. The van der Waals surface area contributed by atoms with Crippen molar-refractivity contribution in [3.05, 3.63) is 28.8 Å². The fraction of sp³-hybridized carbons (Fsp3) is 0.600. The molecule has 2 rings (SSSR count). The van der Waals surface area contributed by atoms with Gasteiger partial charge in [0, 0.05) is 0 Å². The highest BCUT2D eigenvalue weighted by Crippen LogP contribution is 2.26. The minimum Gasteiger partial charge on any atom is -0.490 e. The molecule has 1 saturated heterocycles. The maximum Gasteiger partial charge on any atom is 0.125 e. The average Bonchev–Trinajstić information content (AvgIpc) is 2.73. The van der Waals surface area contributed by atoms with Gasteiger partial charge in [-0.1, -0.05) is 12.1 Å². The van der Waals surface area contributed by atoms with E-state index < -0.39 is 0 Å². The van der Waals surface area contributed by atoms with Gasteiger partial charge in [-0.2, -0.15) is 0 Å². The Labute approximate surface area is 109 Å². The maximum absolute atomic E-state index is 9.15. The molecule has 1 aromatic rings. The molecule has 1 aliphatic rings. The third-order valence-corrected chi connectivity index (χ3v) is 3.44. The van der Waals surface area contributed by atoms with Crippen molar-refractivity contribution in [2.45, 2.75) is 52.4 Å². The zero-order valence-electron chi connectivity index (χ0n) is 11.4. The Morgan fingerprint density at radius 1 is 1.28 bits per heavy atom. The molecule has 18 heavy (non-hydrogen) atoms. The summed E-state index contributed by atoms with van der Waals surface area (Å²) in [7, 11) is 0. The van der Waals surface area contributed by atoms with E-state index in [1.54, 1.807) is 0 Å². The van der Waals surface area contributed by atoms with E-state index in [1.165, 1.54) is 0 Å². The summed E-state index contributed by atoms with van der Waals surface area (Å²) >= 11 is 0. The van der Waals surface area contributed by atoms with Crippen LogP contribution in [0.1, 0.15) is 36.5 Å². The van der Waals surface area contributed by atoms with Gasteiger partial charge in [0.1, 0.15) is 12.4 Å². The van der Waals surface area contributed by atoms with Crippen LogP contribution in [0, 0.1) is 13.8 Å². The van der Waals surface area contributed by atoms with Crippen molar-refractivity contribution in [3.63, 3.8) is 0 Å². The summed E-state index contributed by atoms with van der Waals surface area (Å²) in [5.41, 5.74) is 3.08. The summed E-state index contributed by atoms with van der Waals surface area (Å²) in [6, 6.07) is 3.95. The highest BCUT2D eigenvalue weighted by Gasteiger charge is 2.22. The topological polar surface area (TPSA) is 38.7 Å². The van der Waals surface area contributed by atoms with E-state index >= 15 is 0 Å². The van der Waals surface area contributed by atoms with Crippen LogP contribution in [-0.4, -0.2) is 23.9 Å². The lowest BCUT2D eigenvalue weighted by Crippen LogP contribution is -2.18. The van der Waals surface area contributed by atoms with Crippen molar-refractivity contribution in [1.82, 2.24) is 0 Å². The number of ether oxygens (including phenoxy) is 2. The Morgan fingerprint density at radius 3 is 2.44 bits per heavy atom. The van der Waals surface area contributed by atoms with Crippen molar-refractivity contribution < 1.29 is 14.6 Å². The first kappa shape index (κ1) is 13.4. The van der Waals surface area contributed by atoms with Crippen LogP contribution in [0.4, 0.5) is 0 Å². The molecule has 1 aromatic carbocycles. The molecule has 3 heteroatoms. The van der Waals surface area contributed by atoms with Gasteiger partial charge in [-0.15, -0.1) is 0 Å². The molecular formula is C15H22O3. The summed E-state index contributed by atoms with van der Waals surface area (Å²) in [4.78, 5) is 0. The molecule has 2 unspecified atom stereocenters. The van der Waals surface area contributed by atoms with Gasteiger partial charge in [-0.25, -0.2) is 0 Å². The fourth-order valence-corrected chi connectivity index (χ4v) is 2.54. The lowest BCUT2D eigenvalue weighted by atomic mass is 10.1. The standard InChI is InChI=1S/C15H22O3/c1-10-6-13(8-16)7-11(2)15(10)17-9-14-5-4-12(3)18-14/h6-7,12,14,16H,4-5,8-9H2,1-3H3. The molecule has 0 spiro atoms. The lowest BCUT2D eigenvalue weighted by molar-refractivity contribution is 0.0261. The number of aliphatic hydroxyl groups is 1. The molecule has 0 aromatic heterocycles. The highest BCUT2D eigenvalue weighted by molar-refractivity contribution is 5.43. The Bertz CT molecular complexity index is 391. The molecule has 1 N–H and O–H groups in total. The van der Waals surface area contributed by atoms with Crippen LogP contribution in [0.3, 0.4) is 0 Å². The normalized spacial score (nSPS) is 23.3. The molecule has 0 amide bonds. The van der Waals surface area contributed by atoms with E-state index in [-0.39, 0.29) is 12.7 Å². The first-order valence-corrected chi connectivity index (χ1v) is 6.59. The fourth-order valence-electron chi connectivity index (χ4n) is 2.54. The van der Waals surface area contributed by atoms with Gasteiger partial charge >= 0.3 is 0 Å². The van der Waals surface area contributed by atoms with Crippen molar-refractivity contribution in [2.24, 2.45) is 0 Å². The van der Waals surface area contributed by atoms with Crippen molar-refractivity contribution in [3.8, 4) is 5.75 Å². The molecule has 0 radical (unpaired) electrons. The summed E-state index contributed by atoms with van der Waals surface area (Å²) < 4.78 is 11.6. The molecule has 1 fully saturated rings. The Hall–Kier alpha value is -1.06. The molecule has 0 aliphatic carbocycles. The monoisotopic (exact) mass is 250 g/mol. The van der Waals surface area contributed by atoms with E-state index in [9.17, 15) is 0 Å². The van der Waals surface area contributed by atoms with Gasteiger partial charge in [0.05, 0.1) is 18.8 Å². The number of rotatable bonds is 4. The summed E-state index contributed by atoms with van der Waals surface area (Å²) in [6.07, 6.45) is 2.78. The largest absolute Gasteiger partial charge is 0.490 e. The van der Waals surface area contributed by atoms with Crippen molar-refractivity contribution in [1.29, 1.82) is 0 Å².